The van der Waals surface area contributed by atoms with Gasteiger partial charge in [0.1, 0.15) is 10.7 Å². The minimum absolute atomic E-state index is 0.102. The predicted octanol–water partition coefficient (Wildman–Crippen LogP) is 6.99. The molecule has 3 aromatic rings. The fourth-order valence-electron chi connectivity index (χ4n) is 3.16. The Morgan fingerprint density at radius 3 is 2.29 bits per heavy atom. The van der Waals surface area contributed by atoms with Crippen molar-refractivity contribution in [1.82, 2.24) is 0 Å². The summed E-state index contributed by atoms with van der Waals surface area (Å²) in [5, 5.41) is 6.10. The number of carbonyl (C=O) groups excluding carboxylic acids is 3. The molecule has 6 nitrogen and oxygen atoms in total. The number of imide groups is 1. The third kappa shape index (κ3) is 4.73. The van der Waals surface area contributed by atoms with E-state index in [4.69, 9.17) is 58.0 Å². The van der Waals surface area contributed by atoms with Crippen LogP contribution in [0.3, 0.4) is 0 Å². The third-order valence-electron chi connectivity index (χ3n) is 4.77. The molecule has 0 saturated heterocycles. The number of benzene rings is 3. The smallest absolute Gasteiger partial charge is 0.283 e. The van der Waals surface area contributed by atoms with E-state index >= 15 is 0 Å². The van der Waals surface area contributed by atoms with Crippen LogP contribution in [0.4, 0.5) is 17.1 Å². The van der Waals surface area contributed by atoms with Crippen molar-refractivity contribution in [3.63, 3.8) is 0 Å². The van der Waals surface area contributed by atoms with Gasteiger partial charge in [0.25, 0.3) is 17.7 Å². The highest BCUT2D eigenvalue weighted by Gasteiger charge is 2.40. The summed E-state index contributed by atoms with van der Waals surface area (Å²) in [5.41, 5.74) is 0.875. The van der Waals surface area contributed by atoms with Crippen molar-refractivity contribution in [3.8, 4) is 0 Å². The zero-order valence-electron chi connectivity index (χ0n) is 16.8. The van der Waals surface area contributed by atoms with Gasteiger partial charge in [0.05, 0.1) is 26.4 Å². The minimum Gasteiger partial charge on any atom is -0.350 e. The fraction of sp³-hybridized carbons (Fsp3) is 0. The summed E-state index contributed by atoms with van der Waals surface area (Å²) in [4.78, 5) is 39.3. The summed E-state index contributed by atoms with van der Waals surface area (Å²) in [5.74, 6) is -1.95. The van der Waals surface area contributed by atoms with Crippen molar-refractivity contribution in [1.29, 1.82) is 0 Å². The van der Waals surface area contributed by atoms with Gasteiger partial charge in [0.2, 0.25) is 0 Å². The van der Waals surface area contributed by atoms with Crippen molar-refractivity contribution < 1.29 is 14.4 Å². The van der Waals surface area contributed by atoms with Crippen molar-refractivity contribution >= 4 is 92.8 Å². The summed E-state index contributed by atoms with van der Waals surface area (Å²) in [6.07, 6.45) is 0. The number of carbonyl (C=O) groups is 3. The van der Waals surface area contributed by atoms with Crippen LogP contribution in [0, 0.1) is 0 Å². The second-order valence-corrected chi connectivity index (χ2v) is 9.00. The van der Waals surface area contributed by atoms with Crippen LogP contribution in [-0.4, -0.2) is 17.7 Å². The van der Waals surface area contributed by atoms with Crippen molar-refractivity contribution in [2.24, 2.45) is 0 Å². The molecule has 3 aromatic carbocycles. The minimum atomic E-state index is -0.761. The number of hydrogen-bond acceptors (Lipinski definition) is 4. The summed E-state index contributed by atoms with van der Waals surface area (Å²) in [7, 11) is 0. The van der Waals surface area contributed by atoms with Crippen LogP contribution in [0.5, 0.6) is 0 Å². The fourth-order valence-corrected chi connectivity index (χ4v) is 4.09. The summed E-state index contributed by atoms with van der Waals surface area (Å²) in [6.45, 7) is 0. The Morgan fingerprint density at radius 2 is 1.53 bits per heavy atom. The first-order chi connectivity index (χ1) is 16.2. The molecule has 1 aliphatic rings. The third-order valence-corrected chi connectivity index (χ3v) is 6.49. The number of amides is 3. The monoisotopic (exact) mass is 553 g/mol. The summed E-state index contributed by atoms with van der Waals surface area (Å²) < 4.78 is 0. The quantitative estimate of drug-likeness (QED) is 0.333. The molecule has 172 valence electrons. The van der Waals surface area contributed by atoms with Crippen LogP contribution in [0.25, 0.3) is 0 Å². The largest absolute Gasteiger partial charge is 0.350 e. The van der Waals surface area contributed by atoms with Gasteiger partial charge in [-0.2, -0.15) is 0 Å². The van der Waals surface area contributed by atoms with Crippen LogP contribution in [0.1, 0.15) is 10.4 Å². The average Bonchev–Trinajstić information content (AvgIpc) is 3.02. The van der Waals surface area contributed by atoms with E-state index in [1.54, 1.807) is 36.4 Å². The Hall–Kier alpha value is -2.74. The van der Waals surface area contributed by atoms with Gasteiger partial charge in [-0.25, -0.2) is 4.90 Å². The van der Waals surface area contributed by atoms with Crippen LogP contribution >= 0.6 is 58.0 Å². The van der Waals surface area contributed by atoms with Crippen LogP contribution in [0.15, 0.2) is 71.4 Å². The Morgan fingerprint density at radius 1 is 0.794 bits per heavy atom. The van der Waals surface area contributed by atoms with Gasteiger partial charge in [-0.3, -0.25) is 14.4 Å². The van der Waals surface area contributed by atoms with E-state index in [2.05, 4.69) is 10.6 Å². The van der Waals surface area contributed by atoms with Crippen LogP contribution in [-0.2, 0) is 9.59 Å². The molecule has 0 unspecified atom stereocenters. The van der Waals surface area contributed by atoms with Gasteiger partial charge < -0.3 is 10.6 Å². The maximum absolute atomic E-state index is 13.0. The summed E-state index contributed by atoms with van der Waals surface area (Å²) in [6, 6.07) is 15.5. The molecule has 34 heavy (non-hydrogen) atoms. The molecular formula is C23H12Cl5N3O3. The van der Waals surface area contributed by atoms with Crippen molar-refractivity contribution in [2.45, 2.75) is 0 Å². The number of hydrogen-bond donors (Lipinski definition) is 2. The number of rotatable bonds is 5. The lowest BCUT2D eigenvalue weighted by atomic mass is 10.1. The van der Waals surface area contributed by atoms with E-state index in [1.165, 1.54) is 24.3 Å². The SMILES string of the molecule is O=C(Nc1cccc(Cl)c1Cl)c1cccc(NC2=C(Cl)C(=O)N(c3cc(Cl)ccc3Cl)C2=O)c1. The molecule has 0 bridgehead atoms. The molecule has 0 radical (unpaired) electrons. The van der Waals surface area contributed by atoms with Gasteiger partial charge >= 0.3 is 0 Å². The molecule has 4 rings (SSSR count). The lowest BCUT2D eigenvalue weighted by Gasteiger charge is -2.17. The molecule has 1 heterocycles. The summed E-state index contributed by atoms with van der Waals surface area (Å²) >= 11 is 30.4. The second-order valence-electron chi connectivity index (χ2n) is 6.99. The number of anilines is 3. The molecule has 3 amide bonds. The van der Waals surface area contributed by atoms with E-state index in [0.29, 0.717) is 16.4 Å². The topological polar surface area (TPSA) is 78.5 Å². The Balaban J connectivity index is 1.57. The molecule has 0 spiro atoms. The highest BCUT2D eigenvalue weighted by molar-refractivity contribution is 6.54. The van der Waals surface area contributed by atoms with E-state index in [-0.39, 0.29) is 37.0 Å². The maximum atomic E-state index is 13.0. The first-order valence-electron chi connectivity index (χ1n) is 9.53. The number of nitrogens with one attached hydrogen (secondary N) is 2. The molecule has 11 heteroatoms. The molecule has 0 aliphatic carbocycles. The van der Waals surface area contributed by atoms with Gasteiger partial charge in [0.15, 0.2) is 0 Å². The van der Waals surface area contributed by atoms with Crippen LogP contribution < -0.4 is 15.5 Å². The van der Waals surface area contributed by atoms with Gasteiger partial charge in [-0.05, 0) is 48.5 Å². The first kappa shape index (κ1) is 24.4. The molecule has 2 N–H and O–H groups in total. The number of halogens is 5. The first-order valence-corrected chi connectivity index (χ1v) is 11.4. The highest BCUT2D eigenvalue weighted by atomic mass is 35.5. The van der Waals surface area contributed by atoms with E-state index in [1.807, 2.05) is 0 Å². The Labute approximate surface area is 219 Å². The molecule has 0 atom stereocenters. The number of nitrogens with zero attached hydrogens (tertiary/aromatic N) is 1. The Bertz CT molecular complexity index is 1390. The lowest BCUT2D eigenvalue weighted by molar-refractivity contribution is -0.120. The Kier molecular flexibility index (Phi) is 7.07. The molecule has 0 saturated carbocycles. The maximum Gasteiger partial charge on any atom is 0.283 e. The molecule has 0 fully saturated rings. The zero-order chi connectivity index (χ0) is 24.6. The van der Waals surface area contributed by atoms with Crippen molar-refractivity contribution in [3.05, 3.63) is 97.0 Å². The second kappa shape index (κ2) is 9.86. The van der Waals surface area contributed by atoms with Crippen LogP contribution in [0.2, 0.25) is 20.1 Å². The standard InChI is InChI=1S/C23H12Cl5N3O3/c24-12-7-8-14(25)17(10-12)31-22(33)19(28)20(23(31)34)29-13-4-1-3-11(9-13)21(32)30-16-6-2-5-15(26)18(16)27/h1-10,29H,(H,30,32). The van der Waals surface area contributed by atoms with E-state index < -0.39 is 17.7 Å². The van der Waals surface area contributed by atoms with Gasteiger partial charge in [-0.1, -0.05) is 70.1 Å². The normalized spacial score (nSPS) is 13.5. The van der Waals surface area contributed by atoms with Gasteiger partial charge in [0, 0.05) is 16.3 Å². The predicted molar refractivity (Wildman–Crippen MR) is 136 cm³/mol. The van der Waals surface area contributed by atoms with Gasteiger partial charge in [-0.15, -0.1) is 0 Å². The van der Waals surface area contributed by atoms with E-state index in [0.717, 1.165) is 4.90 Å². The molecule has 0 aromatic heterocycles. The lowest BCUT2D eigenvalue weighted by Crippen LogP contribution is -2.32. The highest BCUT2D eigenvalue weighted by Crippen LogP contribution is 2.36. The zero-order valence-corrected chi connectivity index (χ0v) is 20.6. The van der Waals surface area contributed by atoms with Crippen molar-refractivity contribution in [2.75, 3.05) is 15.5 Å². The molecular weight excluding hydrogens is 544 g/mol. The molecule has 1 aliphatic heterocycles. The average molecular weight is 556 g/mol. The van der Waals surface area contributed by atoms with E-state index in [9.17, 15) is 14.4 Å².